The van der Waals surface area contributed by atoms with Gasteiger partial charge in [0.15, 0.2) is 5.82 Å². The molecule has 0 bridgehead atoms. The maximum absolute atomic E-state index is 14.0. The summed E-state index contributed by atoms with van der Waals surface area (Å²) in [7, 11) is -2.58. The third kappa shape index (κ3) is 3.42. The van der Waals surface area contributed by atoms with Crippen LogP contribution in [0.4, 0.5) is 8.78 Å². The second-order valence-electron chi connectivity index (χ2n) is 6.00. The Labute approximate surface area is 144 Å². The monoisotopic (exact) mass is 372 g/mol. The first-order valence-electron chi connectivity index (χ1n) is 7.66. The molecule has 7 nitrogen and oxygen atoms in total. The van der Waals surface area contributed by atoms with Crippen LogP contribution in [-0.4, -0.2) is 54.7 Å². The van der Waals surface area contributed by atoms with E-state index < -0.39 is 26.6 Å². The van der Waals surface area contributed by atoms with E-state index in [1.807, 2.05) is 0 Å². The molecule has 0 saturated carbocycles. The zero-order valence-electron chi connectivity index (χ0n) is 13.7. The highest BCUT2D eigenvalue weighted by molar-refractivity contribution is 7.89. The van der Waals surface area contributed by atoms with Gasteiger partial charge < -0.3 is 4.74 Å². The zero-order chi connectivity index (χ0) is 18.2. The number of aryl methyl sites for hydroxylation is 1. The molecule has 0 unspecified atom stereocenters. The van der Waals surface area contributed by atoms with Gasteiger partial charge in [0.05, 0.1) is 6.61 Å². The number of methoxy groups -OCH3 is 1. The number of aromatic amines is 1. The minimum absolute atomic E-state index is 0.102. The Hall–Kier alpha value is -1.91. The first-order chi connectivity index (χ1) is 11.8. The highest BCUT2D eigenvalue weighted by Crippen LogP contribution is 2.35. The van der Waals surface area contributed by atoms with Gasteiger partial charge in [0.2, 0.25) is 10.0 Å². The van der Waals surface area contributed by atoms with Gasteiger partial charge in [-0.3, -0.25) is 5.10 Å². The van der Waals surface area contributed by atoms with Crippen molar-refractivity contribution in [3.63, 3.8) is 0 Å². The lowest BCUT2D eigenvalue weighted by atomic mass is 9.96. The van der Waals surface area contributed by atoms with Crippen LogP contribution in [0.3, 0.4) is 0 Å². The van der Waals surface area contributed by atoms with Crippen LogP contribution in [0.2, 0.25) is 0 Å². The number of hydrogen-bond acceptors (Lipinski definition) is 5. The zero-order valence-corrected chi connectivity index (χ0v) is 14.6. The van der Waals surface area contributed by atoms with Crippen LogP contribution in [0.5, 0.6) is 0 Å². The summed E-state index contributed by atoms with van der Waals surface area (Å²) in [5.41, 5.74) is 0. The molecule has 1 N–H and O–H groups in total. The minimum Gasteiger partial charge on any atom is -0.384 e. The van der Waals surface area contributed by atoms with Crippen LogP contribution in [0, 0.1) is 24.5 Å². The average molecular weight is 372 g/mol. The van der Waals surface area contributed by atoms with Crippen molar-refractivity contribution in [1.82, 2.24) is 19.5 Å². The van der Waals surface area contributed by atoms with Crippen molar-refractivity contribution in [3.8, 4) is 0 Å². The van der Waals surface area contributed by atoms with Crippen LogP contribution >= 0.6 is 0 Å². The van der Waals surface area contributed by atoms with Crippen LogP contribution in [-0.2, 0) is 14.8 Å². The number of aromatic nitrogens is 3. The lowest BCUT2D eigenvalue weighted by molar-refractivity contribution is 0.150. The van der Waals surface area contributed by atoms with E-state index in [-0.39, 0.29) is 24.9 Å². The standard InChI is InChI=1S/C15H18F2N4O3S/c1-9-18-15(20-19-9)12-7-21(6-10(12)8-24-2)25(22,23)14-4-3-11(16)5-13(14)17/h3-5,10,12H,6-8H2,1-2H3,(H,18,19,20)/t10-,12+/m0/s1. The number of sulfonamides is 1. The molecule has 2 heterocycles. The summed E-state index contributed by atoms with van der Waals surface area (Å²) in [4.78, 5) is 3.73. The first-order valence-corrected chi connectivity index (χ1v) is 9.10. The smallest absolute Gasteiger partial charge is 0.246 e. The quantitative estimate of drug-likeness (QED) is 0.858. The summed E-state index contributed by atoms with van der Waals surface area (Å²) < 4.78 is 58.9. The third-order valence-electron chi connectivity index (χ3n) is 4.25. The van der Waals surface area contributed by atoms with Crippen molar-refractivity contribution in [2.24, 2.45) is 5.92 Å². The number of H-pyrrole nitrogens is 1. The highest BCUT2D eigenvalue weighted by atomic mass is 32.2. The summed E-state index contributed by atoms with van der Waals surface area (Å²) >= 11 is 0. The summed E-state index contributed by atoms with van der Waals surface area (Å²) in [6.07, 6.45) is 0. The molecular weight excluding hydrogens is 354 g/mol. The number of rotatable bonds is 5. The molecule has 1 fully saturated rings. The lowest BCUT2D eigenvalue weighted by Crippen LogP contribution is -2.30. The van der Waals surface area contributed by atoms with Crippen molar-refractivity contribution in [2.45, 2.75) is 17.7 Å². The maximum atomic E-state index is 14.0. The van der Waals surface area contributed by atoms with Gasteiger partial charge in [0.25, 0.3) is 0 Å². The van der Waals surface area contributed by atoms with Gasteiger partial charge >= 0.3 is 0 Å². The van der Waals surface area contributed by atoms with E-state index in [2.05, 4.69) is 15.2 Å². The van der Waals surface area contributed by atoms with Gasteiger partial charge in [-0.1, -0.05) is 0 Å². The third-order valence-corrected chi connectivity index (χ3v) is 6.11. The molecule has 1 saturated heterocycles. The summed E-state index contributed by atoms with van der Waals surface area (Å²) in [6.45, 7) is 2.31. The fourth-order valence-corrected chi connectivity index (χ4v) is 4.62. The minimum atomic E-state index is -4.10. The summed E-state index contributed by atoms with van der Waals surface area (Å²) in [5.74, 6) is -1.26. The van der Waals surface area contributed by atoms with Gasteiger partial charge in [-0.15, -0.1) is 0 Å². The molecule has 1 aromatic carbocycles. The number of nitrogens with zero attached hydrogens (tertiary/aromatic N) is 3. The van der Waals surface area contributed by atoms with E-state index in [1.165, 1.54) is 11.4 Å². The Bertz CT molecular complexity index is 871. The van der Waals surface area contributed by atoms with E-state index in [4.69, 9.17) is 4.74 Å². The van der Waals surface area contributed by atoms with Crippen molar-refractivity contribution < 1.29 is 21.9 Å². The molecule has 2 atom stereocenters. The van der Waals surface area contributed by atoms with Crippen molar-refractivity contribution in [3.05, 3.63) is 41.5 Å². The summed E-state index contributed by atoms with van der Waals surface area (Å²) in [6, 6.07) is 2.43. The first kappa shape index (κ1) is 17.9. The maximum Gasteiger partial charge on any atom is 0.246 e. The van der Waals surface area contributed by atoms with Crippen LogP contribution < -0.4 is 0 Å². The molecule has 136 valence electrons. The molecule has 0 radical (unpaired) electrons. The Kier molecular flexibility index (Phi) is 4.85. The molecule has 1 aliphatic heterocycles. The van der Waals surface area contributed by atoms with Gasteiger partial charge in [-0.25, -0.2) is 22.2 Å². The average Bonchev–Trinajstić information content (AvgIpc) is 3.14. The van der Waals surface area contributed by atoms with E-state index in [0.717, 1.165) is 12.1 Å². The normalized spacial score (nSPS) is 21.8. The number of nitrogens with one attached hydrogen (secondary N) is 1. The molecule has 0 spiro atoms. The number of ether oxygens (including phenoxy) is 1. The number of benzene rings is 1. The topological polar surface area (TPSA) is 88.2 Å². The predicted molar refractivity (Wildman–Crippen MR) is 84.3 cm³/mol. The Morgan fingerprint density at radius 1 is 1.36 bits per heavy atom. The fraction of sp³-hybridized carbons (Fsp3) is 0.467. The second kappa shape index (κ2) is 6.77. The molecule has 0 amide bonds. The molecule has 25 heavy (non-hydrogen) atoms. The van der Waals surface area contributed by atoms with Crippen molar-refractivity contribution in [1.29, 1.82) is 0 Å². The van der Waals surface area contributed by atoms with Crippen LogP contribution in [0.15, 0.2) is 23.1 Å². The van der Waals surface area contributed by atoms with E-state index in [9.17, 15) is 17.2 Å². The molecule has 0 aliphatic carbocycles. The Morgan fingerprint density at radius 2 is 2.12 bits per heavy atom. The van der Waals surface area contributed by atoms with Crippen LogP contribution in [0.25, 0.3) is 0 Å². The van der Waals surface area contributed by atoms with E-state index in [1.54, 1.807) is 6.92 Å². The molecule has 10 heteroatoms. The van der Waals surface area contributed by atoms with E-state index in [0.29, 0.717) is 24.3 Å². The fourth-order valence-electron chi connectivity index (χ4n) is 3.05. The Morgan fingerprint density at radius 3 is 2.72 bits per heavy atom. The number of hydrogen-bond donors (Lipinski definition) is 1. The van der Waals surface area contributed by atoms with Gasteiger partial charge in [-0.2, -0.15) is 9.40 Å². The van der Waals surface area contributed by atoms with Crippen molar-refractivity contribution in [2.75, 3.05) is 26.8 Å². The van der Waals surface area contributed by atoms with Crippen molar-refractivity contribution >= 4 is 10.0 Å². The molecule has 2 aromatic rings. The number of halogens is 2. The van der Waals surface area contributed by atoms with Gasteiger partial charge in [-0.05, 0) is 19.1 Å². The van der Waals surface area contributed by atoms with Crippen LogP contribution in [0.1, 0.15) is 17.6 Å². The molecule has 3 rings (SSSR count). The van der Waals surface area contributed by atoms with Gasteiger partial charge in [0, 0.05) is 38.1 Å². The van der Waals surface area contributed by atoms with E-state index >= 15 is 0 Å². The predicted octanol–water partition coefficient (Wildman–Crippen LogP) is 1.44. The second-order valence-corrected chi connectivity index (χ2v) is 7.90. The molecule has 1 aromatic heterocycles. The SMILES string of the molecule is COC[C@@H]1CN(S(=O)(=O)c2ccc(F)cc2F)C[C@H]1c1n[nH]c(C)n1. The molecule has 1 aliphatic rings. The lowest BCUT2D eigenvalue weighted by Gasteiger charge is -2.16. The highest BCUT2D eigenvalue weighted by Gasteiger charge is 2.42. The summed E-state index contributed by atoms with van der Waals surface area (Å²) in [5, 5.41) is 6.85. The van der Waals surface area contributed by atoms with Gasteiger partial charge in [0.1, 0.15) is 22.4 Å². The largest absolute Gasteiger partial charge is 0.384 e. The Balaban J connectivity index is 1.92. The molecular formula is C15H18F2N4O3S.